The monoisotopic (exact) mass is 272 g/mol. The Labute approximate surface area is 114 Å². The summed E-state index contributed by atoms with van der Waals surface area (Å²) in [5.41, 5.74) is 1.10. The van der Waals surface area contributed by atoms with E-state index in [-0.39, 0.29) is 11.6 Å². The van der Waals surface area contributed by atoms with Crippen LogP contribution in [0, 0.1) is 10.1 Å². The molecule has 0 saturated carbocycles. The van der Waals surface area contributed by atoms with Crippen LogP contribution in [0.1, 0.15) is 5.56 Å². The SMILES string of the molecule is Cn1cc(/C=C/C(=O)Nc2cccc([N+](=O)[O-])c2)cn1. The lowest BCUT2D eigenvalue weighted by Crippen LogP contribution is -2.07. The van der Waals surface area contributed by atoms with Gasteiger partial charge in [-0.25, -0.2) is 0 Å². The maximum absolute atomic E-state index is 11.7. The quantitative estimate of drug-likeness (QED) is 0.523. The molecule has 2 rings (SSSR count). The number of rotatable bonds is 4. The summed E-state index contributed by atoms with van der Waals surface area (Å²) >= 11 is 0. The number of amides is 1. The number of non-ortho nitro benzene ring substituents is 1. The standard InChI is InChI=1S/C13H12N4O3/c1-16-9-10(8-14-16)5-6-13(18)15-11-3-2-4-12(7-11)17(19)20/h2-9H,1H3,(H,15,18)/b6-5+. The second kappa shape index (κ2) is 5.79. The fourth-order valence-corrected chi connectivity index (χ4v) is 1.58. The zero-order chi connectivity index (χ0) is 14.5. The molecule has 2 aromatic rings. The lowest BCUT2D eigenvalue weighted by molar-refractivity contribution is -0.384. The Bertz CT molecular complexity index is 676. The minimum atomic E-state index is -0.513. The van der Waals surface area contributed by atoms with Gasteiger partial charge in [0.2, 0.25) is 5.91 Å². The molecule has 0 aliphatic rings. The van der Waals surface area contributed by atoms with E-state index in [0.717, 1.165) is 5.56 Å². The van der Waals surface area contributed by atoms with E-state index in [9.17, 15) is 14.9 Å². The molecule has 0 aliphatic heterocycles. The Morgan fingerprint density at radius 1 is 1.50 bits per heavy atom. The van der Waals surface area contributed by atoms with E-state index in [4.69, 9.17) is 0 Å². The van der Waals surface area contributed by atoms with Crippen molar-refractivity contribution in [2.24, 2.45) is 7.05 Å². The smallest absolute Gasteiger partial charge is 0.271 e. The van der Waals surface area contributed by atoms with Crippen molar-refractivity contribution in [3.63, 3.8) is 0 Å². The molecule has 1 N–H and O–H groups in total. The molecule has 0 radical (unpaired) electrons. The van der Waals surface area contributed by atoms with Crippen LogP contribution in [0.3, 0.4) is 0 Å². The molecular weight excluding hydrogens is 260 g/mol. The Balaban J connectivity index is 2.02. The van der Waals surface area contributed by atoms with Gasteiger partial charge in [0.05, 0.1) is 11.1 Å². The molecule has 0 fully saturated rings. The van der Waals surface area contributed by atoms with Gasteiger partial charge < -0.3 is 5.32 Å². The number of carbonyl (C=O) groups excluding carboxylic acids is 1. The molecule has 7 heteroatoms. The van der Waals surface area contributed by atoms with E-state index in [1.807, 2.05) is 0 Å². The van der Waals surface area contributed by atoms with Crippen LogP contribution in [0.2, 0.25) is 0 Å². The van der Waals surface area contributed by atoms with Crippen molar-refractivity contribution in [3.05, 3.63) is 58.4 Å². The zero-order valence-corrected chi connectivity index (χ0v) is 10.7. The molecule has 0 unspecified atom stereocenters. The van der Waals surface area contributed by atoms with E-state index in [1.165, 1.54) is 24.3 Å². The Morgan fingerprint density at radius 3 is 2.95 bits per heavy atom. The highest BCUT2D eigenvalue weighted by molar-refractivity contribution is 6.02. The Kier molecular flexibility index (Phi) is 3.90. The third-order valence-electron chi connectivity index (χ3n) is 2.48. The topological polar surface area (TPSA) is 90.1 Å². The first kappa shape index (κ1) is 13.5. The van der Waals surface area contributed by atoms with Crippen molar-refractivity contribution in [2.45, 2.75) is 0 Å². The number of nitrogens with one attached hydrogen (secondary N) is 1. The van der Waals surface area contributed by atoms with E-state index in [1.54, 1.807) is 36.3 Å². The summed E-state index contributed by atoms with van der Waals surface area (Å²) < 4.78 is 1.62. The molecule has 1 aromatic heterocycles. The van der Waals surface area contributed by atoms with Crippen LogP contribution in [-0.4, -0.2) is 20.6 Å². The number of hydrogen-bond donors (Lipinski definition) is 1. The van der Waals surface area contributed by atoms with Gasteiger partial charge in [-0.2, -0.15) is 5.10 Å². The summed E-state index contributed by atoms with van der Waals surface area (Å²) in [6.45, 7) is 0. The van der Waals surface area contributed by atoms with Crippen molar-refractivity contribution in [3.8, 4) is 0 Å². The molecule has 1 aromatic carbocycles. The van der Waals surface area contributed by atoms with Gasteiger partial charge in [0, 0.05) is 42.7 Å². The maximum atomic E-state index is 11.7. The van der Waals surface area contributed by atoms with Crippen molar-refractivity contribution < 1.29 is 9.72 Å². The largest absolute Gasteiger partial charge is 0.322 e. The molecule has 102 valence electrons. The first-order chi connectivity index (χ1) is 9.54. The second-order valence-electron chi connectivity index (χ2n) is 4.08. The normalized spacial score (nSPS) is 10.7. The maximum Gasteiger partial charge on any atom is 0.271 e. The Morgan fingerprint density at radius 2 is 2.30 bits per heavy atom. The molecule has 7 nitrogen and oxygen atoms in total. The summed E-state index contributed by atoms with van der Waals surface area (Å²) in [6.07, 6.45) is 6.34. The fourth-order valence-electron chi connectivity index (χ4n) is 1.58. The van der Waals surface area contributed by atoms with Gasteiger partial charge in [-0.1, -0.05) is 6.07 Å². The number of nitrogens with zero attached hydrogens (tertiary/aromatic N) is 3. The molecule has 0 saturated heterocycles. The van der Waals surface area contributed by atoms with Gasteiger partial charge in [-0.15, -0.1) is 0 Å². The van der Waals surface area contributed by atoms with Crippen LogP contribution < -0.4 is 5.32 Å². The number of aryl methyl sites for hydroxylation is 1. The fraction of sp³-hybridized carbons (Fsp3) is 0.0769. The van der Waals surface area contributed by atoms with Crippen LogP contribution in [0.4, 0.5) is 11.4 Å². The van der Waals surface area contributed by atoms with Gasteiger partial charge in [0.25, 0.3) is 5.69 Å². The first-order valence-corrected chi connectivity index (χ1v) is 5.77. The first-order valence-electron chi connectivity index (χ1n) is 5.77. The number of anilines is 1. The summed E-state index contributed by atoms with van der Waals surface area (Å²) in [5, 5.41) is 17.1. The third kappa shape index (κ3) is 3.52. The lowest BCUT2D eigenvalue weighted by Gasteiger charge is -2.01. The predicted molar refractivity (Wildman–Crippen MR) is 74.0 cm³/mol. The molecule has 0 spiro atoms. The average Bonchev–Trinajstić information content (AvgIpc) is 2.82. The molecule has 1 amide bonds. The van der Waals surface area contributed by atoms with Gasteiger partial charge in [-0.05, 0) is 12.1 Å². The highest BCUT2D eigenvalue weighted by Crippen LogP contribution is 2.16. The van der Waals surface area contributed by atoms with Crippen molar-refractivity contribution >= 4 is 23.4 Å². The van der Waals surface area contributed by atoms with Crippen LogP contribution in [-0.2, 0) is 11.8 Å². The summed E-state index contributed by atoms with van der Waals surface area (Å²) in [4.78, 5) is 21.8. The Hall–Kier alpha value is -2.96. The van der Waals surface area contributed by atoms with E-state index < -0.39 is 4.92 Å². The predicted octanol–water partition coefficient (Wildman–Crippen LogP) is 1.98. The minimum Gasteiger partial charge on any atom is -0.322 e. The third-order valence-corrected chi connectivity index (χ3v) is 2.48. The number of hydrogen-bond acceptors (Lipinski definition) is 4. The number of nitro groups is 1. The average molecular weight is 272 g/mol. The molecule has 20 heavy (non-hydrogen) atoms. The summed E-state index contributed by atoms with van der Waals surface area (Å²) in [7, 11) is 1.78. The van der Waals surface area contributed by atoms with E-state index in [2.05, 4.69) is 10.4 Å². The summed E-state index contributed by atoms with van der Waals surface area (Å²) in [5.74, 6) is -0.366. The number of carbonyl (C=O) groups is 1. The molecule has 1 heterocycles. The molecule has 0 bridgehead atoms. The van der Waals surface area contributed by atoms with Crippen molar-refractivity contribution in [1.82, 2.24) is 9.78 Å². The summed E-state index contributed by atoms with van der Waals surface area (Å²) in [6, 6.07) is 5.76. The second-order valence-corrected chi connectivity index (χ2v) is 4.08. The molecular formula is C13H12N4O3. The van der Waals surface area contributed by atoms with Gasteiger partial charge in [0.15, 0.2) is 0 Å². The number of aromatic nitrogens is 2. The minimum absolute atomic E-state index is 0.0703. The van der Waals surface area contributed by atoms with Gasteiger partial charge in [0.1, 0.15) is 0 Å². The lowest BCUT2D eigenvalue weighted by atomic mass is 10.2. The van der Waals surface area contributed by atoms with Crippen LogP contribution in [0.5, 0.6) is 0 Å². The van der Waals surface area contributed by atoms with E-state index >= 15 is 0 Å². The highest BCUT2D eigenvalue weighted by Gasteiger charge is 2.06. The molecule has 0 atom stereocenters. The number of nitro benzene ring substituents is 1. The van der Waals surface area contributed by atoms with Gasteiger partial charge in [-0.3, -0.25) is 19.6 Å². The van der Waals surface area contributed by atoms with Gasteiger partial charge >= 0.3 is 0 Å². The van der Waals surface area contributed by atoms with Crippen LogP contribution in [0.15, 0.2) is 42.7 Å². The highest BCUT2D eigenvalue weighted by atomic mass is 16.6. The number of benzene rings is 1. The molecule has 0 aliphatic carbocycles. The van der Waals surface area contributed by atoms with Crippen molar-refractivity contribution in [2.75, 3.05) is 5.32 Å². The van der Waals surface area contributed by atoms with Crippen molar-refractivity contribution in [1.29, 1.82) is 0 Å². The van der Waals surface area contributed by atoms with Crippen LogP contribution in [0.25, 0.3) is 6.08 Å². The van der Waals surface area contributed by atoms with Crippen LogP contribution >= 0.6 is 0 Å². The zero-order valence-electron chi connectivity index (χ0n) is 10.7. The van der Waals surface area contributed by atoms with E-state index in [0.29, 0.717) is 5.69 Å².